The van der Waals surface area contributed by atoms with Gasteiger partial charge in [0.15, 0.2) is 5.78 Å². The van der Waals surface area contributed by atoms with E-state index in [9.17, 15) is 9.59 Å². The van der Waals surface area contributed by atoms with E-state index in [1.807, 2.05) is 37.3 Å². The van der Waals surface area contributed by atoms with Crippen LogP contribution in [0.4, 0.5) is 5.69 Å². The molecule has 1 unspecified atom stereocenters. The summed E-state index contributed by atoms with van der Waals surface area (Å²) in [6.07, 6.45) is 4.50. The molecular formula is C25H32BrN3O2. The standard InChI is InChI=1S/C25H32BrN3O2/c1-15(17-8-6-5-7-9-17)10-19(30)14-29-24(31)23(26)22(13-27-29)28-21-12-18-11-20(16(21)2)25(18,3)4/h5-9,13,15-16,18,20-21,28H,10-12,14H2,1-4H3/t15?,16-,18+,20-,21-/m1/s1. The molecule has 0 spiro atoms. The van der Waals surface area contributed by atoms with Gasteiger partial charge in [-0.05, 0) is 63.4 Å². The fourth-order valence-electron chi connectivity index (χ4n) is 5.69. The molecule has 2 bridgehead atoms. The topological polar surface area (TPSA) is 64.0 Å². The smallest absolute Gasteiger partial charge is 0.283 e. The maximum atomic E-state index is 12.8. The summed E-state index contributed by atoms with van der Waals surface area (Å²) in [5.41, 5.74) is 2.01. The predicted molar refractivity (Wildman–Crippen MR) is 127 cm³/mol. The van der Waals surface area contributed by atoms with E-state index in [4.69, 9.17) is 0 Å². The van der Waals surface area contributed by atoms with E-state index in [1.165, 1.54) is 11.1 Å². The maximum absolute atomic E-state index is 12.8. The van der Waals surface area contributed by atoms with Gasteiger partial charge < -0.3 is 5.32 Å². The second-order valence-corrected chi connectivity index (χ2v) is 10.9. The minimum Gasteiger partial charge on any atom is -0.380 e. The van der Waals surface area contributed by atoms with E-state index in [1.54, 1.807) is 6.20 Å². The number of hydrogen-bond donors (Lipinski definition) is 1. The summed E-state index contributed by atoms with van der Waals surface area (Å²) in [6.45, 7) is 9.10. The number of fused-ring (bicyclic) bond motifs is 2. The van der Waals surface area contributed by atoms with Crippen molar-refractivity contribution in [3.05, 3.63) is 56.9 Å². The Balaban J connectivity index is 1.41. The van der Waals surface area contributed by atoms with Crippen LogP contribution in [0.3, 0.4) is 0 Å². The number of Topliss-reactive ketones (excluding diaryl/α,β-unsaturated/α-hetero) is 1. The van der Waals surface area contributed by atoms with Gasteiger partial charge in [-0.15, -0.1) is 0 Å². The second kappa shape index (κ2) is 8.53. The monoisotopic (exact) mass is 485 g/mol. The summed E-state index contributed by atoms with van der Waals surface area (Å²) in [4.78, 5) is 25.4. The quantitative estimate of drug-likeness (QED) is 0.581. The van der Waals surface area contributed by atoms with Gasteiger partial charge in [0, 0.05) is 12.5 Å². The summed E-state index contributed by atoms with van der Waals surface area (Å²) < 4.78 is 1.72. The lowest BCUT2D eigenvalue weighted by Crippen LogP contribution is -2.58. The van der Waals surface area contributed by atoms with Crippen molar-refractivity contribution in [2.24, 2.45) is 23.2 Å². The average Bonchev–Trinajstić information content (AvgIpc) is 2.74. The van der Waals surface area contributed by atoms with Crippen molar-refractivity contribution in [1.29, 1.82) is 0 Å². The van der Waals surface area contributed by atoms with Crippen molar-refractivity contribution >= 4 is 27.4 Å². The number of anilines is 1. The molecule has 3 aliphatic carbocycles. The van der Waals surface area contributed by atoms with Crippen molar-refractivity contribution in [3.8, 4) is 0 Å². The normalized spacial score (nSPS) is 27.3. The molecule has 1 heterocycles. The first-order valence-corrected chi connectivity index (χ1v) is 12.1. The molecular weight excluding hydrogens is 454 g/mol. The third kappa shape index (κ3) is 4.23. The third-order valence-corrected chi connectivity index (χ3v) is 8.67. The molecule has 0 aliphatic heterocycles. The molecule has 3 fully saturated rings. The van der Waals surface area contributed by atoms with E-state index in [-0.39, 0.29) is 23.8 Å². The van der Waals surface area contributed by atoms with E-state index in [0.717, 1.165) is 29.5 Å². The van der Waals surface area contributed by atoms with Crippen LogP contribution >= 0.6 is 15.9 Å². The Hall–Kier alpha value is -1.95. The lowest BCUT2D eigenvalue weighted by molar-refractivity contribution is -0.120. The molecule has 1 N–H and O–H groups in total. The number of rotatable bonds is 7. The third-order valence-electron chi connectivity index (χ3n) is 7.91. The van der Waals surface area contributed by atoms with Gasteiger partial charge in [0.25, 0.3) is 5.56 Å². The van der Waals surface area contributed by atoms with E-state index < -0.39 is 0 Å². The summed E-state index contributed by atoms with van der Waals surface area (Å²) in [5.74, 6) is 2.12. The molecule has 0 radical (unpaired) electrons. The van der Waals surface area contributed by atoms with Crippen LogP contribution < -0.4 is 10.9 Å². The number of benzene rings is 1. The number of halogens is 1. The Morgan fingerprint density at radius 2 is 2.00 bits per heavy atom. The maximum Gasteiger partial charge on any atom is 0.283 e. The van der Waals surface area contributed by atoms with Crippen LogP contribution in [0.2, 0.25) is 0 Å². The number of nitrogens with zero attached hydrogens (tertiary/aromatic N) is 2. The molecule has 31 heavy (non-hydrogen) atoms. The molecule has 166 valence electrons. The first kappa shape index (κ1) is 22.3. The second-order valence-electron chi connectivity index (χ2n) is 10.1. The lowest BCUT2D eigenvalue weighted by Gasteiger charge is -2.62. The Morgan fingerprint density at radius 3 is 2.65 bits per heavy atom. The Kier molecular flexibility index (Phi) is 6.12. The molecule has 3 aliphatic rings. The summed E-state index contributed by atoms with van der Waals surface area (Å²) in [5, 5.41) is 7.86. The highest BCUT2D eigenvalue weighted by Gasteiger charge is 2.56. The molecule has 0 amide bonds. The fourth-order valence-corrected chi connectivity index (χ4v) is 6.11. The fraction of sp³-hybridized carbons (Fsp3) is 0.560. The zero-order valence-electron chi connectivity index (χ0n) is 18.8. The minimum atomic E-state index is -0.264. The van der Waals surface area contributed by atoms with Gasteiger partial charge in [-0.1, -0.05) is 58.0 Å². The van der Waals surface area contributed by atoms with E-state index >= 15 is 0 Å². The number of ketones is 1. The van der Waals surface area contributed by atoms with Crippen molar-refractivity contribution in [2.45, 2.75) is 65.5 Å². The molecule has 5 nitrogen and oxygen atoms in total. The van der Waals surface area contributed by atoms with Gasteiger partial charge in [-0.3, -0.25) is 9.59 Å². The van der Waals surface area contributed by atoms with Crippen molar-refractivity contribution in [1.82, 2.24) is 9.78 Å². The van der Waals surface area contributed by atoms with E-state index in [0.29, 0.717) is 28.3 Å². The van der Waals surface area contributed by atoms with Crippen molar-refractivity contribution in [2.75, 3.05) is 5.32 Å². The SMILES string of the molecule is CC(CC(=O)Cn1ncc(N[C@@H]2C[C@@H]3C[C@H]([C@H]2C)C3(C)C)c(Br)c1=O)c1ccccc1. The molecule has 5 atom stereocenters. The highest BCUT2D eigenvalue weighted by atomic mass is 79.9. The van der Waals surface area contributed by atoms with Gasteiger partial charge in [0.05, 0.1) is 11.9 Å². The summed E-state index contributed by atoms with van der Waals surface area (Å²) in [6, 6.07) is 10.3. The number of hydrogen-bond acceptors (Lipinski definition) is 4. The zero-order chi connectivity index (χ0) is 22.3. The Bertz CT molecular complexity index is 1020. The van der Waals surface area contributed by atoms with Crippen molar-refractivity contribution in [3.63, 3.8) is 0 Å². The molecule has 1 aromatic carbocycles. The molecule has 6 heteroatoms. The van der Waals surface area contributed by atoms with Gasteiger partial charge in [0.1, 0.15) is 11.0 Å². The van der Waals surface area contributed by atoms with Gasteiger partial charge in [-0.2, -0.15) is 5.10 Å². The van der Waals surface area contributed by atoms with Crippen LogP contribution in [-0.4, -0.2) is 21.6 Å². The highest BCUT2D eigenvalue weighted by molar-refractivity contribution is 9.10. The van der Waals surface area contributed by atoms with Gasteiger partial charge in [-0.25, -0.2) is 4.68 Å². The number of aromatic nitrogens is 2. The number of carbonyl (C=O) groups is 1. The average molecular weight is 486 g/mol. The first-order valence-electron chi connectivity index (χ1n) is 11.3. The van der Waals surface area contributed by atoms with Gasteiger partial charge in [0.2, 0.25) is 0 Å². The van der Waals surface area contributed by atoms with Crippen LogP contribution in [0.25, 0.3) is 0 Å². The largest absolute Gasteiger partial charge is 0.380 e. The van der Waals surface area contributed by atoms with Crippen LogP contribution in [0.15, 0.2) is 45.8 Å². The predicted octanol–water partition coefficient (Wildman–Crippen LogP) is 5.25. The first-order chi connectivity index (χ1) is 14.7. The van der Waals surface area contributed by atoms with Crippen LogP contribution in [0, 0.1) is 23.2 Å². The minimum absolute atomic E-state index is 0.00165. The Labute approximate surface area is 192 Å². The Morgan fingerprint density at radius 1 is 1.29 bits per heavy atom. The van der Waals surface area contributed by atoms with Crippen LogP contribution in [-0.2, 0) is 11.3 Å². The van der Waals surface area contributed by atoms with Crippen LogP contribution in [0.5, 0.6) is 0 Å². The van der Waals surface area contributed by atoms with Crippen LogP contribution in [0.1, 0.15) is 58.4 Å². The summed E-state index contributed by atoms with van der Waals surface area (Å²) in [7, 11) is 0. The molecule has 2 aromatic rings. The molecule has 1 aromatic heterocycles. The zero-order valence-corrected chi connectivity index (χ0v) is 20.4. The molecule has 3 saturated carbocycles. The number of carbonyl (C=O) groups excluding carboxylic acids is 1. The number of nitrogens with one attached hydrogen (secondary N) is 1. The lowest BCUT2D eigenvalue weighted by atomic mass is 9.45. The molecule has 0 saturated heterocycles. The van der Waals surface area contributed by atoms with Gasteiger partial charge >= 0.3 is 0 Å². The molecule has 5 rings (SSSR count). The highest BCUT2D eigenvalue weighted by Crippen LogP contribution is 2.61. The summed E-state index contributed by atoms with van der Waals surface area (Å²) >= 11 is 3.46. The van der Waals surface area contributed by atoms with E-state index in [2.05, 4.69) is 47.1 Å². The van der Waals surface area contributed by atoms with Crippen molar-refractivity contribution < 1.29 is 4.79 Å².